The Morgan fingerprint density at radius 3 is 2.31 bits per heavy atom. The molecule has 2 saturated heterocycles. The van der Waals surface area contributed by atoms with Crippen molar-refractivity contribution < 1.29 is 29.2 Å². The Kier molecular flexibility index (Phi) is 5.31. The lowest BCUT2D eigenvalue weighted by Crippen LogP contribution is -2.62. The van der Waals surface area contributed by atoms with Crippen LogP contribution in [0.4, 0.5) is 0 Å². The van der Waals surface area contributed by atoms with E-state index in [1.807, 2.05) is 60.7 Å². The molecular formula is C20H22O6. The third-order valence-electron chi connectivity index (χ3n) is 4.66. The van der Waals surface area contributed by atoms with Crippen LogP contribution in [0.5, 0.6) is 0 Å². The second-order valence-corrected chi connectivity index (χ2v) is 6.50. The van der Waals surface area contributed by atoms with Crippen LogP contribution in [0.2, 0.25) is 0 Å². The summed E-state index contributed by atoms with van der Waals surface area (Å²) in [5.41, 5.74) is 1.82. The standard InChI is InChI=1S/C20H22O6/c21-16-17(22)20(23-11-13-7-3-1-4-8-13)25-15-12-24-19(26-18(15)16)14-9-5-2-6-10-14/h1-10,15-22H,11-12H2/t15?,16-,17?,18-,19?,20+/m1/s1. The van der Waals surface area contributed by atoms with Crippen LogP contribution in [-0.2, 0) is 25.6 Å². The summed E-state index contributed by atoms with van der Waals surface area (Å²) in [6.45, 7) is 0.528. The van der Waals surface area contributed by atoms with Crippen LogP contribution in [-0.4, -0.2) is 47.5 Å². The van der Waals surface area contributed by atoms with Gasteiger partial charge in [-0.2, -0.15) is 0 Å². The van der Waals surface area contributed by atoms with Crippen molar-refractivity contribution in [2.45, 2.75) is 43.6 Å². The maximum atomic E-state index is 10.5. The number of ether oxygens (including phenoxy) is 4. The molecule has 0 radical (unpaired) electrons. The van der Waals surface area contributed by atoms with Gasteiger partial charge in [0.15, 0.2) is 12.6 Å². The van der Waals surface area contributed by atoms with E-state index in [2.05, 4.69) is 0 Å². The van der Waals surface area contributed by atoms with Gasteiger partial charge in [-0.15, -0.1) is 0 Å². The third-order valence-corrected chi connectivity index (χ3v) is 4.66. The topological polar surface area (TPSA) is 77.4 Å². The molecule has 2 fully saturated rings. The molecule has 2 aromatic carbocycles. The van der Waals surface area contributed by atoms with Gasteiger partial charge in [-0.3, -0.25) is 0 Å². The predicted octanol–water partition coefficient (Wildman–Crippen LogP) is 1.76. The normalized spacial score (nSPS) is 34.2. The molecule has 138 valence electrons. The van der Waals surface area contributed by atoms with E-state index in [-0.39, 0.29) is 13.2 Å². The van der Waals surface area contributed by atoms with Crippen LogP contribution in [0.15, 0.2) is 60.7 Å². The van der Waals surface area contributed by atoms with Crippen LogP contribution in [0.1, 0.15) is 17.4 Å². The zero-order valence-corrected chi connectivity index (χ0v) is 14.2. The highest BCUT2D eigenvalue weighted by Gasteiger charge is 2.49. The first kappa shape index (κ1) is 17.6. The minimum absolute atomic E-state index is 0.249. The summed E-state index contributed by atoms with van der Waals surface area (Å²) >= 11 is 0. The van der Waals surface area contributed by atoms with Crippen LogP contribution in [0.25, 0.3) is 0 Å². The maximum Gasteiger partial charge on any atom is 0.187 e. The summed E-state index contributed by atoms with van der Waals surface area (Å²) in [6, 6.07) is 19.1. The second-order valence-electron chi connectivity index (χ2n) is 6.50. The Hall–Kier alpha value is -1.80. The summed E-state index contributed by atoms with van der Waals surface area (Å²) in [6.07, 6.45) is -5.04. The molecule has 0 aromatic heterocycles. The first-order valence-corrected chi connectivity index (χ1v) is 8.71. The fourth-order valence-corrected chi connectivity index (χ4v) is 3.25. The third kappa shape index (κ3) is 3.66. The predicted molar refractivity (Wildman–Crippen MR) is 91.9 cm³/mol. The minimum atomic E-state index is -1.20. The van der Waals surface area contributed by atoms with Crippen molar-refractivity contribution in [3.63, 3.8) is 0 Å². The van der Waals surface area contributed by atoms with Gasteiger partial charge in [0.05, 0.1) is 13.2 Å². The number of fused-ring (bicyclic) bond motifs is 1. The first-order valence-electron chi connectivity index (χ1n) is 8.71. The number of hydrogen-bond donors (Lipinski definition) is 2. The molecule has 0 aliphatic carbocycles. The molecule has 2 aliphatic rings. The highest BCUT2D eigenvalue weighted by Crippen LogP contribution is 2.34. The Balaban J connectivity index is 1.40. The number of aliphatic hydroxyl groups is 2. The minimum Gasteiger partial charge on any atom is -0.387 e. The van der Waals surface area contributed by atoms with Gasteiger partial charge in [0.25, 0.3) is 0 Å². The lowest BCUT2D eigenvalue weighted by atomic mass is 9.98. The van der Waals surface area contributed by atoms with Gasteiger partial charge < -0.3 is 29.2 Å². The van der Waals surface area contributed by atoms with Gasteiger partial charge in [0.1, 0.15) is 24.4 Å². The monoisotopic (exact) mass is 358 g/mol. The van der Waals surface area contributed by atoms with Crippen molar-refractivity contribution >= 4 is 0 Å². The van der Waals surface area contributed by atoms with Crippen molar-refractivity contribution in [3.05, 3.63) is 71.8 Å². The fraction of sp³-hybridized carbons (Fsp3) is 0.400. The van der Waals surface area contributed by atoms with E-state index in [9.17, 15) is 10.2 Å². The summed E-state index contributed by atoms with van der Waals surface area (Å²) in [5, 5.41) is 20.9. The smallest absolute Gasteiger partial charge is 0.187 e. The average Bonchev–Trinajstić information content (AvgIpc) is 2.71. The summed E-state index contributed by atoms with van der Waals surface area (Å²) in [7, 11) is 0. The van der Waals surface area contributed by atoms with Gasteiger partial charge in [-0.05, 0) is 5.56 Å². The molecule has 2 aromatic rings. The van der Waals surface area contributed by atoms with Gasteiger partial charge in [-0.25, -0.2) is 0 Å². The molecule has 2 aliphatic heterocycles. The zero-order valence-electron chi connectivity index (χ0n) is 14.2. The molecule has 0 amide bonds. The molecule has 2 heterocycles. The summed E-state index contributed by atoms with van der Waals surface area (Å²) in [5.74, 6) is 0. The van der Waals surface area contributed by atoms with E-state index >= 15 is 0 Å². The van der Waals surface area contributed by atoms with Gasteiger partial charge in [-0.1, -0.05) is 60.7 Å². The molecule has 0 spiro atoms. The zero-order chi connectivity index (χ0) is 17.9. The van der Waals surface area contributed by atoms with E-state index in [1.165, 1.54) is 0 Å². The Bertz CT molecular complexity index is 692. The van der Waals surface area contributed by atoms with Gasteiger partial charge in [0.2, 0.25) is 0 Å². The molecule has 6 atom stereocenters. The molecule has 0 bridgehead atoms. The first-order chi connectivity index (χ1) is 12.7. The van der Waals surface area contributed by atoms with E-state index < -0.39 is 37.0 Å². The molecule has 4 rings (SSSR count). The van der Waals surface area contributed by atoms with Gasteiger partial charge in [0, 0.05) is 5.56 Å². The summed E-state index contributed by atoms with van der Waals surface area (Å²) < 4.78 is 23.1. The van der Waals surface area contributed by atoms with E-state index in [1.54, 1.807) is 0 Å². The van der Waals surface area contributed by atoms with E-state index in [0.717, 1.165) is 11.1 Å². The van der Waals surface area contributed by atoms with Crippen LogP contribution in [0.3, 0.4) is 0 Å². The average molecular weight is 358 g/mol. The largest absolute Gasteiger partial charge is 0.387 e. The Morgan fingerprint density at radius 1 is 0.885 bits per heavy atom. The molecule has 2 N–H and O–H groups in total. The van der Waals surface area contributed by atoms with Crippen LogP contribution >= 0.6 is 0 Å². The number of benzene rings is 2. The van der Waals surface area contributed by atoms with Gasteiger partial charge >= 0.3 is 0 Å². The van der Waals surface area contributed by atoms with Crippen LogP contribution < -0.4 is 0 Å². The molecule has 6 nitrogen and oxygen atoms in total. The van der Waals surface area contributed by atoms with Crippen molar-refractivity contribution in [1.29, 1.82) is 0 Å². The van der Waals surface area contributed by atoms with Crippen molar-refractivity contribution in [2.75, 3.05) is 6.61 Å². The quantitative estimate of drug-likeness (QED) is 0.867. The second kappa shape index (κ2) is 7.84. The molecule has 0 saturated carbocycles. The van der Waals surface area contributed by atoms with Crippen molar-refractivity contribution in [2.24, 2.45) is 0 Å². The molecule has 6 heteroatoms. The molecule has 3 unspecified atom stereocenters. The van der Waals surface area contributed by atoms with Crippen molar-refractivity contribution in [3.8, 4) is 0 Å². The summed E-state index contributed by atoms with van der Waals surface area (Å²) in [4.78, 5) is 0. The lowest BCUT2D eigenvalue weighted by molar-refractivity contribution is -0.362. The SMILES string of the molecule is OC1[C@@H](OCc2ccccc2)OC2COC(c3ccccc3)O[C@H]2[C@@H]1O. The number of aliphatic hydroxyl groups excluding tert-OH is 2. The van der Waals surface area contributed by atoms with Crippen LogP contribution in [0, 0.1) is 0 Å². The maximum absolute atomic E-state index is 10.5. The highest BCUT2D eigenvalue weighted by atomic mass is 16.8. The Labute approximate surface area is 151 Å². The highest BCUT2D eigenvalue weighted by molar-refractivity contribution is 5.17. The number of rotatable bonds is 4. The lowest BCUT2D eigenvalue weighted by Gasteiger charge is -2.46. The van der Waals surface area contributed by atoms with Crippen molar-refractivity contribution in [1.82, 2.24) is 0 Å². The fourth-order valence-electron chi connectivity index (χ4n) is 3.25. The number of hydrogen-bond acceptors (Lipinski definition) is 6. The molecular weight excluding hydrogens is 336 g/mol. The Morgan fingerprint density at radius 2 is 1.58 bits per heavy atom. The van der Waals surface area contributed by atoms with E-state index in [0.29, 0.717) is 0 Å². The van der Waals surface area contributed by atoms with E-state index in [4.69, 9.17) is 18.9 Å². The molecule has 26 heavy (non-hydrogen) atoms.